The summed E-state index contributed by atoms with van der Waals surface area (Å²) in [5.41, 5.74) is 6.07. The Morgan fingerprint density at radius 2 is 1.90 bits per heavy atom. The molecule has 5 rings (SSSR count). The number of halogens is 1. The van der Waals surface area contributed by atoms with Gasteiger partial charge in [0.15, 0.2) is 11.4 Å². The van der Waals surface area contributed by atoms with E-state index in [4.69, 9.17) is 26.8 Å². The van der Waals surface area contributed by atoms with Crippen molar-refractivity contribution in [2.24, 2.45) is 0 Å². The zero-order valence-corrected chi connectivity index (χ0v) is 16.6. The second-order valence-electron chi connectivity index (χ2n) is 7.14. The van der Waals surface area contributed by atoms with Crippen LogP contribution in [0.15, 0.2) is 48.5 Å². The van der Waals surface area contributed by atoms with E-state index in [-0.39, 0.29) is 45.8 Å². The van der Waals surface area contributed by atoms with Gasteiger partial charge in [-0.15, -0.1) is 11.6 Å². The predicted molar refractivity (Wildman–Crippen MR) is 112 cm³/mol. The highest BCUT2D eigenvalue weighted by Gasteiger charge is 2.55. The Morgan fingerprint density at radius 1 is 1.13 bits per heavy atom. The highest BCUT2D eigenvalue weighted by Crippen LogP contribution is 2.61. The fourth-order valence-electron chi connectivity index (χ4n) is 4.13. The number of anilines is 2. The standard InChI is InChI=1S/C22H15ClN2O6/c23-9-17(28)25-14-8-15(27)19(24)20-18(14)22(13-6-5-10(26)7-16(13)30-20)12-4-2-1-3-11(12)21(29)31-22/h1-8,26-27H,9,24H2,(H,25,28). The Hall–Kier alpha value is -3.91. The number of aromatic hydroxyl groups is 2. The smallest absolute Gasteiger partial charge is 0.340 e. The molecule has 156 valence electrons. The molecule has 0 fully saturated rings. The van der Waals surface area contributed by atoms with Crippen LogP contribution in [0.1, 0.15) is 27.0 Å². The number of carbonyl (C=O) groups is 2. The van der Waals surface area contributed by atoms with Gasteiger partial charge in [0.25, 0.3) is 0 Å². The molecule has 1 unspecified atom stereocenters. The van der Waals surface area contributed by atoms with Crippen LogP contribution >= 0.6 is 11.6 Å². The first-order chi connectivity index (χ1) is 14.9. The maximum Gasteiger partial charge on any atom is 0.340 e. The molecule has 5 N–H and O–H groups in total. The van der Waals surface area contributed by atoms with Crippen LogP contribution in [-0.4, -0.2) is 28.0 Å². The summed E-state index contributed by atoms with van der Waals surface area (Å²) in [6, 6.07) is 12.4. The summed E-state index contributed by atoms with van der Waals surface area (Å²) >= 11 is 5.67. The van der Waals surface area contributed by atoms with Crippen molar-refractivity contribution in [3.05, 3.63) is 70.8 Å². The highest BCUT2D eigenvalue weighted by atomic mass is 35.5. The lowest BCUT2D eigenvalue weighted by molar-refractivity contribution is -0.113. The zero-order valence-electron chi connectivity index (χ0n) is 15.8. The molecular formula is C22H15ClN2O6. The molecule has 0 saturated heterocycles. The van der Waals surface area contributed by atoms with Crippen molar-refractivity contribution in [3.8, 4) is 23.0 Å². The highest BCUT2D eigenvalue weighted by molar-refractivity contribution is 6.29. The van der Waals surface area contributed by atoms with Crippen LogP contribution in [0.25, 0.3) is 0 Å². The minimum absolute atomic E-state index is 0.00697. The average Bonchev–Trinajstić information content (AvgIpc) is 3.04. The molecule has 0 bridgehead atoms. The number of nitrogens with two attached hydrogens (primary N) is 1. The zero-order chi connectivity index (χ0) is 21.9. The molecule has 3 aromatic carbocycles. The van der Waals surface area contributed by atoms with Crippen LogP contribution in [0.5, 0.6) is 23.0 Å². The fraction of sp³-hybridized carbons (Fsp3) is 0.0909. The monoisotopic (exact) mass is 438 g/mol. The third-order valence-corrected chi connectivity index (χ3v) is 5.62. The van der Waals surface area contributed by atoms with Crippen LogP contribution < -0.4 is 15.8 Å². The van der Waals surface area contributed by atoms with Gasteiger partial charge in [-0.25, -0.2) is 4.79 Å². The third kappa shape index (κ3) is 2.55. The molecule has 1 spiro atoms. The number of fused-ring (bicyclic) bond motifs is 6. The number of hydrogen-bond acceptors (Lipinski definition) is 7. The van der Waals surface area contributed by atoms with E-state index >= 15 is 0 Å². The number of esters is 1. The Kier molecular flexibility index (Phi) is 4.03. The van der Waals surface area contributed by atoms with E-state index in [2.05, 4.69) is 5.32 Å². The third-order valence-electron chi connectivity index (χ3n) is 5.37. The van der Waals surface area contributed by atoms with Gasteiger partial charge >= 0.3 is 5.97 Å². The largest absolute Gasteiger partial charge is 0.508 e. The van der Waals surface area contributed by atoms with Gasteiger partial charge in [-0.05, 0) is 18.2 Å². The predicted octanol–water partition coefficient (Wildman–Crippen LogP) is 3.43. The molecule has 31 heavy (non-hydrogen) atoms. The number of nitrogen functional groups attached to an aromatic ring is 1. The summed E-state index contributed by atoms with van der Waals surface area (Å²) in [5, 5.41) is 23.0. The number of alkyl halides is 1. The van der Waals surface area contributed by atoms with Crippen molar-refractivity contribution >= 4 is 34.9 Å². The number of rotatable bonds is 2. The summed E-state index contributed by atoms with van der Waals surface area (Å²) < 4.78 is 11.9. The molecule has 2 aliphatic rings. The lowest BCUT2D eigenvalue weighted by Gasteiger charge is -2.38. The first kappa shape index (κ1) is 19.1. The lowest BCUT2D eigenvalue weighted by Crippen LogP contribution is -2.34. The van der Waals surface area contributed by atoms with Gasteiger partial charge in [-0.1, -0.05) is 18.2 Å². The quantitative estimate of drug-likeness (QED) is 0.208. The summed E-state index contributed by atoms with van der Waals surface area (Å²) in [6.45, 7) is 0. The van der Waals surface area contributed by atoms with Crippen LogP contribution in [0.4, 0.5) is 11.4 Å². The van der Waals surface area contributed by atoms with Gasteiger partial charge in [-0.3, -0.25) is 4.79 Å². The van der Waals surface area contributed by atoms with Crippen molar-refractivity contribution in [1.29, 1.82) is 0 Å². The van der Waals surface area contributed by atoms with E-state index in [1.54, 1.807) is 30.3 Å². The fourth-order valence-corrected chi connectivity index (χ4v) is 4.20. The summed E-state index contributed by atoms with van der Waals surface area (Å²) in [6.07, 6.45) is 0. The summed E-state index contributed by atoms with van der Waals surface area (Å²) in [4.78, 5) is 25.0. The second kappa shape index (κ2) is 6.55. The van der Waals surface area contributed by atoms with E-state index in [0.29, 0.717) is 16.7 Å². The minimum atomic E-state index is -1.54. The number of nitrogens with one attached hydrogen (secondary N) is 1. The number of ether oxygens (including phenoxy) is 2. The Bertz CT molecular complexity index is 1290. The summed E-state index contributed by atoms with van der Waals surface area (Å²) in [7, 11) is 0. The number of benzene rings is 3. The van der Waals surface area contributed by atoms with Crippen LogP contribution in [0.2, 0.25) is 0 Å². The first-order valence-corrected chi connectivity index (χ1v) is 9.76. The molecule has 0 aliphatic carbocycles. The topological polar surface area (TPSA) is 131 Å². The van der Waals surface area contributed by atoms with Crippen molar-refractivity contribution in [3.63, 3.8) is 0 Å². The van der Waals surface area contributed by atoms with Crippen LogP contribution in [0, 0.1) is 0 Å². The molecule has 2 aliphatic heterocycles. The van der Waals surface area contributed by atoms with E-state index in [0.717, 1.165) is 0 Å². The number of hydrogen-bond donors (Lipinski definition) is 4. The van der Waals surface area contributed by atoms with E-state index in [1.807, 2.05) is 0 Å². The molecule has 0 aromatic heterocycles. The maximum atomic E-state index is 12.9. The Balaban J connectivity index is 1.92. The van der Waals surface area contributed by atoms with Gasteiger partial charge in [-0.2, -0.15) is 0 Å². The Morgan fingerprint density at radius 3 is 2.68 bits per heavy atom. The number of amides is 1. The molecule has 3 aromatic rings. The summed E-state index contributed by atoms with van der Waals surface area (Å²) in [5.74, 6) is -1.71. The lowest BCUT2D eigenvalue weighted by atomic mass is 9.76. The number of phenols is 2. The average molecular weight is 439 g/mol. The van der Waals surface area contributed by atoms with Gasteiger partial charge in [0.1, 0.15) is 28.8 Å². The van der Waals surface area contributed by atoms with Crippen molar-refractivity contribution in [2.75, 3.05) is 16.9 Å². The van der Waals surface area contributed by atoms with Gasteiger partial charge in [0.2, 0.25) is 5.91 Å². The normalized spacial score (nSPS) is 17.9. The number of phenolic OH excluding ortho intramolecular Hbond substituents is 2. The SMILES string of the molecule is Nc1c(O)cc(NC(=O)CCl)c2c1Oc1cc(O)ccc1C21OC(=O)c2ccccc21. The molecule has 0 saturated carbocycles. The van der Waals surface area contributed by atoms with Crippen molar-refractivity contribution in [1.82, 2.24) is 0 Å². The second-order valence-corrected chi connectivity index (χ2v) is 7.41. The first-order valence-electron chi connectivity index (χ1n) is 9.22. The number of carbonyl (C=O) groups excluding carboxylic acids is 2. The van der Waals surface area contributed by atoms with Crippen LogP contribution in [0.3, 0.4) is 0 Å². The molecule has 0 radical (unpaired) electrons. The van der Waals surface area contributed by atoms with Gasteiger partial charge in [0.05, 0.1) is 16.8 Å². The van der Waals surface area contributed by atoms with E-state index in [1.165, 1.54) is 18.2 Å². The van der Waals surface area contributed by atoms with E-state index < -0.39 is 17.5 Å². The van der Waals surface area contributed by atoms with Crippen LogP contribution in [-0.2, 0) is 15.1 Å². The molecule has 1 atom stereocenters. The van der Waals surface area contributed by atoms with Crippen molar-refractivity contribution < 1.29 is 29.3 Å². The minimum Gasteiger partial charge on any atom is -0.508 e. The van der Waals surface area contributed by atoms with Gasteiger partial charge < -0.3 is 30.7 Å². The van der Waals surface area contributed by atoms with Gasteiger partial charge in [0, 0.05) is 23.3 Å². The molecule has 8 nitrogen and oxygen atoms in total. The molecule has 9 heteroatoms. The Labute approximate surface area is 180 Å². The van der Waals surface area contributed by atoms with Crippen molar-refractivity contribution in [2.45, 2.75) is 5.60 Å². The van der Waals surface area contributed by atoms with E-state index in [9.17, 15) is 19.8 Å². The molecule has 1 amide bonds. The molecule has 2 heterocycles. The molecular weight excluding hydrogens is 424 g/mol. The maximum absolute atomic E-state index is 12.9.